The number of aryl methyl sites for hydroxylation is 1. The van der Waals surface area contributed by atoms with Crippen molar-refractivity contribution in [1.82, 2.24) is 0 Å². The van der Waals surface area contributed by atoms with E-state index in [0.717, 1.165) is 11.5 Å². The van der Waals surface area contributed by atoms with Gasteiger partial charge < -0.3 is 0 Å². The van der Waals surface area contributed by atoms with Crippen molar-refractivity contribution in [3.63, 3.8) is 0 Å². The van der Waals surface area contributed by atoms with Gasteiger partial charge in [-0.1, -0.05) is 33.3 Å². The molecule has 0 spiro atoms. The Hall–Kier alpha value is -0.850. The van der Waals surface area contributed by atoms with Gasteiger partial charge in [0.1, 0.15) is 5.82 Å². The van der Waals surface area contributed by atoms with Gasteiger partial charge in [0.15, 0.2) is 0 Å². The van der Waals surface area contributed by atoms with Gasteiger partial charge in [0, 0.05) is 0 Å². The van der Waals surface area contributed by atoms with E-state index in [1.807, 2.05) is 13.0 Å². The van der Waals surface area contributed by atoms with E-state index in [9.17, 15) is 4.39 Å². The van der Waals surface area contributed by atoms with E-state index in [2.05, 4.69) is 20.8 Å². The van der Waals surface area contributed by atoms with Gasteiger partial charge in [-0.3, -0.25) is 0 Å². The summed E-state index contributed by atoms with van der Waals surface area (Å²) in [5.41, 5.74) is 2.36. The fourth-order valence-electron chi connectivity index (χ4n) is 1.93. The molecular weight excluding hydrogens is 187 g/mol. The summed E-state index contributed by atoms with van der Waals surface area (Å²) in [5, 5.41) is 0. The predicted octanol–water partition coefficient (Wildman–Crippen LogP) is 4.67. The molecule has 0 aliphatic heterocycles. The molecule has 0 bridgehead atoms. The normalized spacial score (nSPS) is 13.2. The van der Waals surface area contributed by atoms with E-state index in [-0.39, 0.29) is 5.82 Å². The van der Waals surface area contributed by atoms with Gasteiger partial charge in [0.25, 0.3) is 0 Å². The Labute approximate surface area is 92.5 Å². The lowest BCUT2D eigenvalue weighted by Gasteiger charge is -2.15. The van der Waals surface area contributed by atoms with Gasteiger partial charge in [-0.05, 0) is 48.4 Å². The monoisotopic (exact) mass is 208 g/mol. The van der Waals surface area contributed by atoms with Crippen molar-refractivity contribution in [2.45, 2.75) is 46.5 Å². The number of halogens is 1. The predicted molar refractivity (Wildman–Crippen MR) is 63.6 cm³/mol. The molecule has 0 amide bonds. The molecular formula is C14H21F. The van der Waals surface area contributed by atoms with E-state index in [1.165, 1.54) is 18.4 Å². The van der Waals surface area contributed by atoms with Crippen LogP contribution in [0.25, 0.3) is 0 Å². The Kier molecular flexibility index (Phi) is 4.31. The molecule has 1 heteroatoms. The van der Waals surface area contributed by atoms with Crippen LogP contribution in [0.1, 0.15) is 50.7 Å². The fraction of sp³-hybridized carbons (Fsp3) is 0.571. The van der Waals surface area contributed by atoms with Crippen molar-refractivity contribution in [3.05, 3.63) is 35.1 Å². The Morgan fingerprint density at radius 3 is 2.33 bits per heavy atom. The average Bonchev–Trinajstić information content (AvgIpc) is 2.14. The Morgan fingerprint density at radius 1 is 1.13 bits per heavy atom. The summed E-state index contributed by atoms with van der Waals surface area (Å²) in [6, 6.07) is 5.12. The topological polar surface area (TPSA) is 0 Å². The van der Waals surface area contributed by atoms with Crippen LogP contribution >= 0.6 is 0 Å². The summed E-state index contributed by atoms with van der Waals surface area (Å²) in [6.45, 7) is 8.70. The molecule has 0 heterocycles. The second-order valence-corrected chi connectivity index (χ2v) is 4.87. The van der Waals surface area contributed by atoms with Crippen LogP contribution in [0.2, 0.25) is 0 Å². The van der Waals surface area contributed by atoms with Crippen LogP contribution in [0.15, 0.2) is 18.2 Å². The summed E-state index contributed by atoms with van der Waals surface area (Å²) >= 11 is 0. The molecule has 0 radical (unpaired) electrons. The zero-order chi connectivity index (χ0) is 11.4. The minimum Gasteiger partial charge on any atom is -0.207 e. The lowest BCUT2D eigenvalue weighted by Crippen LogP contribution is -1.99. The van der Waals surface area contributed by atoms with E-state index in [0.29, 0.717) is 5.92 Å². The molecule has 0 saturated carbocycles. The number of hydrogen-bond donors (Lipinski definition) is 0. The molecule has 0 aromatic heterocycles. The Bertz CT molecular complexity index is 315. The zero-order valence-corrected chi connectivity index (χ0v) is 10.2. The third-order valence-electron chi connectivity index (χ3n) is 2.94. The first kappa shape index (κ1) is 12.2. The molecule has 1 rings (SSSR count). The van der Waals surface area contributed by atoms with Crippen molar-refractivity contribution in [3.8, 4) is 0 Å². The molecule has 0 fully saturated rings. The van der Waals surface area contributed by atoms with Crippen LogP contribution in [-0.2, 0) is 0 Å². The van der Waals surface area contributed by atoms with E-state index < -0.39 is 0 Å². The van der Waals surface area contributed by atoms with Crippen molar-refractivity contribution < 1.29 is 4.39 Å². The maximum Gasteiger partial charge on any atom is 0.123 e. The minimum atomic E-state index is -0.132. The molecule has 0 N–H and O–H groups in total. The maximum absolute atomic E-state index is 12.9. The summed E-state index contributed by atoms with van der Waals surface area (Å²) in [5.74, 6) is 1.15. The van der Waals surface area contributed by atoms with Gasteiger partial charge in [-0.25, -0.2) is 4.39 Å². The lowest BCUT2D eigenvalue weighted by molar-refractivity contribution is 0.515. The smallest absolute Gasteiger partial charge is 0.123 e. The molecule has 84 valence electrons. The summed E-state index contributed by atoms with van der Waals surface area (Å²) in [6.07, 6.45) is 2.42. The molecule has 0 aliphatic carbocycles. The first-order chi connectivity index (χ1) is 7.00. The first-order valence-corrected chi connectivity index (χ1v) is 5.76. The molecule has 1 atom stereocenters. The summed E-state index contributed by atoms with van der Waals surface area (Å²) < 4.78 is 12.9. The standard InChI is InChI=1S/C14H21F/c1-10(2)5-6-11(3)14-8-7-13(15)9-12(14)4/h7-11H,5-6H2,1-4H3/t11-/m1/s1. The molecule has 1 aromatic carbocycles. The second-order valence-electron chi connectivity index (χ2n) is 4.87. The number of rotatable bonds is 4. The molecule has 15 heavy (non-hydrogen) atoms. The number of hydrogen-bond acceptors (Lipinski definition) is 0. The third kappa shape index (κ3) is 3.65. The van der Waals surface area contributed by atoms with E-state index >= 15 is 0 Å². The largest absolute Gasteiger partial charge is 0.207 e. The van der Waals surface area contributed by atoms with Gasteiger partial charge >= 0.3 is 0 Å². The highest BCUT2D eigenvalue weighted by Crippen LogP contribution is 2.25. The maximum atomic E-state index is 12.9. The van der Waals surface area contributed by atoms with Crippen LogP contribution < -0.4 is 0 Å². The first-order valence-electron chi connectivity index (χ1n) is 5.76. The molecule has 1 aromatic rings. The van der Waals surface area contributed by atoms with Gasteiger partial charge in [0.05, 0.1) is 0 Å². The van der Waals surface area contributed by atoms with Gasteiger partial charge in [0.2, 0.25) is 0 Å². The van der Waals surface area contributed by atoms with Gasteiger partial charge in [-0.15, -0.1) is 0 Å². The number of benzene rings is 1. The SMILES string of the molecule is Cc1cc(F)ccc1[C@H](C)CCC(C)C. The van der Waals surface area contributed by atoms with Crippen molar-refractivity contribution in [2.75, 3.05) is 0 Å². The highest BCUT2D eigenvalue weighted by molar-refractivity contribution is 5.29. The Morgan fingerprint density at radius 2 is 1.80 bits per heavy atom. The molecule has 0 nitrogen and oxygen atoms in total. The highest BCUT2D eigenvalue weighted by atomic mass is 19.1. The fourth-order valence-corrected chi connectivity index (χ4v) is 1.93. The average molecular weight is 208 g/mol. The minimum absolute atomic E-state index is 0.132. The van der Waals surface area contributed by atoms with Crippen LogP contribution in [-0.4, -0.2) is 0 Å². The van der Waals surface area contributed by atoms with Crippen LogP contribution in [0, 0.1) is 18.7 Å². The van der Waals surface area contributed by atoms with Gasteiger partial charge in [-0.2, -0.15) is 0 Å². The van der Waals surface area contributed by atoms with Crippen LogP contribution in [0.4, 0.5) is 4.39 Å². The highest BCUT2D eigenvalue weighted by Gasteiger charge is 2.09. The Balaban J connectivity index is 2.69. The van der Waals surface area contributed by atoms with Crippen molar-refractivity contribution in [1.29, 1.82) is 0 Å². The van der Waals surface area contributed by atoms with Crippen molar-refractivity contribution in [2.24, 2.45) is 5.92 Å². The second kappa shape index (κ2) is 5.29. The third-order valence-corrected chi connectivity index (χ3v) is 2.94. The van der Waals surface area contributed by atoms with E-state index in [4.69, 9.17) is 0 Å². The lowest BCUT2D eigenvalue weighted by atomic mass is 9.90. The summed E-state index contributed by atoms with van der Waals surface area (Å²) in [4.78, 5) is 0. The molecule has 0 saturated heterocycles. The van der Waals surface area contributed by atoms with Crippen LogP contribution in [0.5, 0.6) is 0 Å². The van der Waals surface area contributed by atoms with E-state index in [1.54, 1.807) is 12.1 Å². The van der Waals surface area contributed by atoms with Crippen LogP contribution in [0.3, 0.4) is 0 Å². The molecule has 0 aliphatic rings. The zero-order valence-electron chi connectivity index (χ0n) is 10.2. The summed E-state index contributed by atoms with van der Waals surface area (Å²) in [7, 11) is 0. The molecule has 0 unspecified atom stereocenters. The van der Waals surface area contributed by atoms with Crippen molar-refractivity contribution >= 4 is 0 Å². The quantitative estimate of drug-likeness (QED) is 0.674.